The van der Waals surface area contributed by atoms with Crippen molar-refractivity contribution < 1.29 is 4.79 Å². The highest BCUT2D eigenvalue weighted by atomic mass is 16.2. The summed E-state index contributed by atoms with van der Waals surface area (Å²) in [6, 6.07) is 5.74. The average molecular weight is 357 g/mol. The van der Waals surface area contributed by atoms with Gasteiger partial charge in [0.15, 0.2) is 0 Å². The number of pyridine rings is 1. The third kappa shape index (κ3) is 4.22. The van der Waals surface area contributed by atoms with Gasteiger partial charge in [-0.25, -0.2) is 0 Å². The van der Waals surface area contributed by atoms with Crippen molar-refractivity contribution in [2.45, 2.75) is 32.4 Å². The van der Waals surface area contributed by atoms with Crippen LogP contribution in [0.5, 0.6) is 0 Å². The molecule has 1 atom stereocenters. The number of hydrogen-bond donors (Lipinski definition) is 0. The van der Waals surface area contributed by atoms with E-state index in [0.29, 0.717) is 19.1 Å². The molecule has 1 saturated heterocycles. The molecule has 0 saturated carbocycles. The van der Waals surface area contributed by atoms with Gasteiger partial charge in [0.05, 0.1) is 0 Å². The fourth-order valence-corrected chi connectivity index (χ4v) is 3.45. The van der Waals surface area contributed by atoms with E-state index in [9.17, 15) is 9.59 Å². The molecule has 7 heteroatoms. The van der Waals surface area contributed by atoms with E-state index in [0.717, 1.165) is 32.5 Å². The first kappa shape index (κ1) is 18.4. The molecule has 1 aliphatic heterocycles. The first-order valence-corrected chi connectivity index (χ1v) is 9.22. The van der Waals surface area contributed by atoms with Crippen LogP contribution in [-0.2, 0) is 13.6 Å². The Hall–Kier alpha value is -2.41. The van der Waals surface area contributed by atoms with E-state index in [-0.39, 0.29) is 17.0 Å². The van der Waals surface area contributed by atoms with Crippen LogP contribution < -0.4 is 5.56 Å². The first-order chi connectivity index (χ1) is 12.6. The highest BCUT2D eigenvalue weighted by Gasteiger charge is 2.24. The van der Waals surface area contributed by atoms with Crippen molar-refractivity contribution in [1.29, 1.82) is 0 Å². The number of aromatic nitrogens is 3. The maximum absolute atomic E-state index is 12.8. The number of nitrogens with zero attached hydrogens (tertiary/aromatic N) is 5. The summed E-state index contributed by atoms with van der Waals surface area (Å²) in [5.41, 5.74) is 0.0291. The zero-order valence-corrected chi connectivity index (χ0v) is 15.5. The van der Waals surface area contributed by atoms with Gasteiger partial charge in [-0.05, 0) is 38.0 Å². The summed E-state index contributed by atoms with van der Waals surface area (Å²) in [6.45, 7) is 6.28. The molecule has 1 amide bonds. The number of aryl methyl sites for hydroxylation is 2. The molecule has 7 nitrogen and oxygen atoms in total. The molecule has 3 heterocycles. The lowest BCUT2D eigenvalue weighted by Gasteiger charge is -2.27. The minimum absolute atomic E-state index is 0.155. The highest BCUT2D eigenvalue weighted by molar-refractivity contribution is 5.93. The van der Waals surface area contributed by atoms with E-state index < -0.39 is 0 Å². The van der Waals surface area contributed by atoms with Crippen molar-refractivity contribution in [2.75, 3.05) is 26.2 Å². The molecule has 0 radical (unpaired) electrons. The molecule has 2 aromatic heterocycles. The maximum Gasteiger partial charge on any atom is 0.263 e. The smallest absolute Gasteiger partial charge is 0.263 e. The molecule has 1 aliphatic rings. The Morgan fingerprint density at radius 1 is 1.19 bits per heavy atom. The molecule has 3 rings (SSSR count). The summed E-state index contributed by atoms with van der Waals surface area (Å²) in [5, 5.41) is 4.25. The number of rotatable bonds is 5. The third-order valence-electron chi connectivity index (χ3n) is 5.13. The average Bonchev–Trinajstić information content (AvgIpc) is 3.04. The van der Waals surface area contributed by atoms with Crippen LogP contribution in [0, 0.1) is 0 Å². The number of hydrogen-bond acceptors (Lipinski definition) is 4. The van der Waals surface area contributed by atoms with Crippen molar-refractivity contribution >= 4 is 5.91 Å². The molecule has 1 unspecified atom stereocenters. The lowest BCUT2D eigenvalue weighted by molar-refractivity contribution is 0.0755. The number of carbonyl (C=O) groups excluding carboxylic acids is 1. The van der Waals surface area contributed by atoms with E-state index in [1.165, 1.54) is 4.57 Å². The molecular weight excluding hydrogens is 330 g/mol. The van der Waals surface area contributed by atoms with E-state index in [4.69, 9.17) is 0 Å². The van der Waals surface area contributed by atoms with Crippen molar-refractivity contribution in [2.24, 2.45) is 7.05 Å². The van der Waals surface area contributed by atoms with Gasteiger partial charge >= 0.3 is 0 Å². The minimum atomic E-state index is -0.230. The molecule has 0 N–H and O–H groups in total. The van der Waals surface area contributed by atoms with Gasteiger partial charge in [0, 0.05) is 64.4 Å². The van der Waals surface area contributed by atoms with E-state index in [1.54, 1.807) is 31.6 Å². The molecule has 2 aromatic rings. The molecule has 0 aromatic carbocycles. The predicted molar refractivity (Wildman–Crippen MR) is 100 cm³/mol. The SMILES string of the molecule is CC(CCn1cccn1)N1CCCN(C(=O)c2cccn(C)c2=O)CC1. The lowest BCUT2D eigenvalue weighted by atomic mass is 10.2. The zero-order chi connectivity index (χ0) is 18.5. The van der Waals surface area contributed by atoms with Gasteiger partial charge in [-0.2, -0.15) is 5.10 Å². The Morgan fingerprint density at radius 2 is 2.04 bits per heavy atom. The second kappa shape index (κ2) is 8.31. The van der Waals surface area contributed by atoms with Crippen LogP contribution in [0.15, 0.2) is 41.6 Å². The fraction of sp³-hybridized carbons (Fsp3) is 0.526. The van der Waals surface area contributed by atoms with Gasteiger partial charge < -0.3 is 9.47 Å². The minimum Gasteiger partial charge on any atom is -0.337 e. The van der Waals surface area contributed by atoms with Crippen LogP contribution in [0.3, 0.4) is 0 Å². The second-order valence-electron chi connectivity index (χ2n) is 6.93. The first-order valence-electron chi connectivity index (χ1n) is 9.22. The summed E-state index contributed by atoms with van der Waals surface area (Å²) in [7, 11) is 1.67. The van der Waals surface area contributed by atoms with Crippen molar-refractivity contribution in [3.63, 3.8) is 0 Å². The predicted octanol–water partition coefficient (Wildman–Crippen LogP) is 1.21. The summed E-state index contributed by atoms with van der Waals surface area (Å²) in [5.74, 6) is -0.155. The number of amides is 1. The number of carbonyl (C=O) groups is 1. The Morgan fingerprint density at radius 3 is 2.81 bits per heavy atom. The Kier molecular flexibility index (Phi) is 5.88. The molecule has 26 heavy (non-hydrogen) atoms. The zero-order valence-electron chi connectivity index (χ0n) is 15.5. The Bertz CT molecular complexity index is 783. The van der Waals surface area contributed by atoms with Crippen LogP contribution in [0.2, 0.25) is 0 Å². The van der Waals surface area contributed by atoms with Gasteiger partial charge in [-0.3, -0.25) is 19.2 Å². The van der Waals surface area contributed by atoms with Gasteiger partial charge in [0.2, 0.25) is 0 Å². The van der Waals surface area contributed by atoms with Crippen LogP contribution in [0.25, 0.3) is 0 Å². The van der Waals surface area contributed by atoms with Crippen LogP contribution in [0.1, 0.15) is 30.1 Å². The lowest BCUT2D eigenvalue weighted by Crippen LogP contribution is -2.40. The molecule has 0 aliphatic carbocycles. The van der Waals surface area contributed by atoms with Crippen LogP contribution in [-0.4, -0.2) is 62.3 Å². The van der Waals surface area contributed by atoms with Crippen molar-refractivity contribution in [3.8, 4) is 0 Å². The third-order valence-corrected chi connectivity index (χ3v) is 5.13. The molecule has 0 spiro atoms. The normalized spacial score (nSPS) is 17.1. The monoisotopic (exact) mass is 357 g/mol. The van der Waals surface area contributed by atoms with Gasteiger partial charge in [0.25, 0.3) is 11.5 Å². The topological polar surface area (TPSA) is 63.4 Å². The Balaban J connectivity index is 1.58. The second-order valence-corrected chi connectivity index (χ2v) is 6.93. The largest absolute Gasteiger partial charge is 0.337 e. The van der Waals surface area contributed by atoms with Crippen LogP contribution in [0.4, 0.5) is 0 Å². The Labute approximate surface area is 153 Å². The molecule has 0 bridgehead atoms. The van der Waals surface area contributed by atoms with E-state index in [2.05, 4.69) is 16.9 Å². The standard InChI is InChI=1S/C19H27N5O2/c1-16(7-13-24-12-4-8-20-24)22-10-5-11-23(15-14-22)19(26)17-6-3-9-21(2)18(17)25/h3-4,6,8-9,12,16H,5,7,10-11,13-15H2,1-2H3. The molecule has 1 fully saturated rings. The van der Waals surface area contributed by atoms with E-state index in [1.807, 2.05) is 21.8 Å². The van der Waals surface area contributed by atoms with E-state index >= 15 is 0 Å². The van der Waals surface area contributed by atoms with Crippen molar-refractivity contribution in [1.82, 2.24) is 24.1 Å². The summed E-state index contributed by atoms with van der Waals surface area (Å²) >= 11 is 0. The highest BCUT2D eigenvalue weighted by Crippen LogP contribution is 2.12. The van der Waals surface area contributed by atoms with Gasteiger partial charge in [-0.15, -0.1) is 0 Å². The van der Waals surface area contributed by atoms with Gasteiger partial charge in [0.1, 0.15) is 5.56 Å². The van der Waals surface area contributed by atoms with Gasteiger partial charge in [-0.1, -0.05) is 0 Å². The summed E-state index contributed by atoms with van der Waals surface area (Å²) in [6.07, 6.45) is 7.40. The van der Waals surface area contributed by atoms with Crippen molar-refractivity contribution in [3.05, 3.63) is 52.7 Å². The van der Waals surface area contributed by atoms with Crippen LogP contribution >= 0.6 is 0 Å². The quantitative estimate of drug-likeness (QED) is 0.807. The molecular formula is C19H27N5O2. The fourth-order valence-electron chi connectivity index (χ4n) is 3.45. The maximum atomic E-state index is 12.8. The summed E-state index contributed by atoms with van der Waals surface area (Å²) < 4.78 is 3.41. The summed E-state index contributed by atoms with van der Waals surface area (Å²) in [4.78, 5) is 29.2. The molecule has 140 valence electrons.